The molecule has 0 aliphatic heterocycles. The predicted molar refractivity (Wildman–Crippen MR) is 114 cm³/mol. The summed E-state index contributed by atoms with van der Waals surface area (Å²) in [7, 11) is 0. The van der Waals surface area contributed by atoms with Crippen LogP contribution in [0, 0.1) is 28.6 Å². The Kier molecular flexibility index (Phi) is 6.26. The van der Waals surface area contributed by atoms with E-state index in [1.165, 1.54) is 0 Å². The van der Waals surface area contributed by atoms with Gasteiger partial charge in [0.2, 0.25) is 6.10 Å². The van der Waals surface area contributed by atoms with E-state index in [9.17, 15) is 10.1 Å². The molecule has 0 spiro atoms. The number of halogens is 2. The predicted octanol–water partition coefficient (Wildman–Crippen LogP) is 6.49. The highest BCUT2D eigenvalue weighted by atomic mass is 79.9. The first-order chi connectivity index (χ1) is 13.4. The van der Waals surface area contributed by atoms with Gasteiger partial charge in [-0.2, -0.15) is 5.26 Å². The van der Waals surface area contributed by atoms with Gasteiger partial charge in [0, 0.05) is 16.0 Å². The number of hydrogen-bond donors (Lipinski definition) is 0. The van der Waals surface area contributed by atoms with Crippen LogP contribution in [0.25, 0.3) is 0 Å². The number of carbonyl (C=O) groups is 1. The van der Waals surface area contributed by atoms with E-state index in [0.29, 0.717) is 17.1 Å². The molecule has 0 aromatic heterocycles. The first kappa shape index (κ1) is 20.6. The average Bonchev–Trinajstić information content (AvgIpc) is 3.28. The van der Waals surface area contributed by atoms with E-state index in [1.807, 2.05) is 44.2 Å². The number of benzene rings is 2. The van der Waals surface area contributed by atoms with Crippen LogP contribution in [0.3, 0.4) is 0 Å². The molecule has 0 bridgehead atoms. The molecule has 0 heterocycles. The standard InChI is InChI=1S/C22H19Br2NO3/c1-22(2)19(17(24)12-23)20(22)21(26)28-18(13-25)14-7-6-10-16(11-14)27-15-8-4-3-5-9-15/h3-12,18-20H,1-2H3/t18-,19?,20?/m0/s1. The van der Waals surface area contributed by atoms with Gasteiger partial charge in [0.05, 0.1) is 5.92 Å². The molecule has 1 aliphatic rings. The minimum absolute atomic E-state index is 0.0338. The maximum atomic E-state index is 12.7. The summed E-state index contributed by atoms with van der Waals surface area (Å²) in [6, 6.07) is 18.5. The first-order valence-corrected chi connectivity index (χ1v) is 10.5. The third-order valence-corrected chi connectivity index (χ3v) is 6.80. The number of ether oxygens (including phenoxy) is 2. The van der Waals surface area contributed by atoms with Crippen LogP contribution in [0.4, 0.5) is 0 Å². The third kappa shape index (κ3) is 4.31. The lowest BCUT2D eigenvalue weighted by Crippen LogP contribution is -2.14. The van der Waals surface area contributed by atoms with Crippen LogP contribution in [0.15, 0.2) is 64.1 Å². The van der Waals surface area contributed by atoms with Crippen molar-refractivity contribution in [2.24, 2.45) is 17.3 Å². The Morgan fingerprint density at radius 2 is 1.82 bits per heavy atom. The van der Waals surface area contributed by atoms with Crippen molar-refractivity contribution < 1.29 is 14.3 Å². The second-order valence-electron chi connectivity index (χ2n) is 7.20. The van der Waals surface area contributed by atoms with Crippen molar-refractivity contribution >= 4 is 37.8 Å². The van der Waals surface area contributed by atoms with E-state index in [1.54, 1.807) is 29.3 Å². The maximum absolute atomic E-state index is 12.7. The van der Waals surface area contributed by atoms with E-state index in [4.69, 9.17) is 9.47 Å². The SMILES string of the molecule is CC1(C)C(C(=O)O[C@@H](C#N)c2cccc(Oc3ccccc3)c2)C1C(Br)=CBr. The van der Waals surface area contributed by atoms with Crippen molar-refractivity contribution in [3.63, 3.8) is 0 Å². The molecule has 0 radical (unpaired) electrons. The normalized spacial score (nSPS) is 21.3. The molecular formula is C22H19Br2NO3. The monoisotopic (exact) mass is 503 g/mol. The lowest BCUT2D eigenvalue weighted by atomic mass is 10.1. The number of nitriles is 1. The van der Waals surface area contributed by atoms with Crippen LogP contribution >= 0.6 is 31.9 Å². The van der Waals surface area contributed by atoms with E-state index in [-0.39, 0.29) is 23.2 Å². The van der Waals surface area contributed by atoms with Gasteiger partial charge in [0.25, 0.3) is 0 Å². The van der Waals surface area contributed by atoms with Gasteiger partial charge in [-0.1, -0.05) is 76.0 Å². The van der Waals surface area contributed by atoms with Gasteiger partial charge < -0.3 is 9.47 Å². The third-order valence-electron chi connectivity index (χ3n) is 4.97. The zero-order valence-corrected chi connectivity index (χ0v) is 18.6. The summed E-state index contributed by atoms with van der Waals surface area (Å²) in [6.07, 6.45) is -0.990. The summed E-state index contributed by atoms with van der Waals surface area (Å²) in [5.74, 6) is 0.637. The maximum Gasteiger partial charge on any atom is 0.311 e. The second kappa shape index (κ2) is 8.50. The summed E-state index contributed by atoms with van der Waals surface area (Å²) in [6.45, 7) is 4.02. The van der Waals surface area contributed by atoms with Crippen LogP contribution in [0.1, 0.15) is 25.5 Å². The molecular weight excluding hydrogens is 486 g/mol. The molecule has 4 nitrogen and oxygen atoms in total. The van der Waals surface area contributed by atoms with Crippen molar-refractivity contribution in [1.29, 1.82) is 5.26 Å². The summed E-state index contributed by atoms with van der Waals surface area (Å²) in [5, 5.41) is 9.57. The Bertz CT molecular complexity index is 934. The summed E-state index contributed by atoms with van der Waals surface area (Å²) < 4.78 is 12.3. The van der Waals surface area contributed by atoms with Crippen LogP contribution in [0.2, 0.25) is 0 Å². The molecule has 1 aliphatic carbocycles. The van der Waals surface area contributed by atoms with Gasteiger partial charge in [-0.3, -0.25) is 4.79 Å². The van der Waals surface area contributed by atoms with E-state index in [2.05, 4.69) is 37.9 Å². The fraction of sp³-hybridized carbons (Fsp3) is 0.273. The highest BCUT2D eigenvalue weighted by Crippen LogP contribution is 2.63. The van der Waals surface area contributed by atoms with Crippen molar-refractivity contribution in [2.75, 3.05) is 0 Å². The lowest BCUT2D eigenvalue weighted by Gasteiger charge is -2.13. The van der Waals surface area contributed by atoms with Crippen LogP contribution in [-0.2, 0) is 9.53 Å². The van der Waals surface area contributed by atoms with E-state index in [0.717, 1.165) is 4.48 Å². The number of esters is 1. The van der Waals surface area contributed by atoms with Gasteiger partial charge in [-0.05, 0) is 34.7 Å². The van der Waals surface area contributed by atoms with Gasteiger partial charge >= 0.3 is 5.97 Å². The topological polar surface area (TPSA) is 59.3 Å². The summed E-state index contributed by atoms with van der Waals surface area (Å²) >= 11 is 6.77. The Balaban J connectivity index is 1.73. The minimum Gasteiger partial charge on any atom is -0.457 e. The molecule has 1 fully saturated rings. The van der Waals surface area contributed by atoms with E-state index < -0.39 is 6.10 Å². The number of rotatable bonds is 6. The van der Waals surface area contributed by atoms with Crippen LogP contribution < -0.4 is 4.74 Å². The highest BCUT2D eigenvalue weighted by Gasteiger charge is 2.64. The number of carbonyl (C=O) groups excluding carboxylic acids is 1. The number of allylic oxidation sites excluding steroid dienone is 1. The van der Waals surface area contributed by atoms with Crippen molar-refractivity contribution in [3.8, 4) is 17.6 Å². The minimum atomic E-state index is -0.990. The molecule has 0 amide bonds. The van der Waals surface area contributed by atoms with Crippen molar-refractivity contribution in [2.45, 2.75) is 20.0 Å². The molecule has 6 heteroatoms. The second-order valence-corrected chi connectivity index (χ2v) is 8.58. The number of para-hydroxylation sites is 1. The summed E-state index contributed by atoms with van der Waals surface area (Å²) in [5.41, 5.74) is 0.354. The zero-order chi connectivity index (χ0) is 20.3. The Morgan fingerprint density at radius 3 is 2.46 bits per heavy atom. The smallest absolute Gasteiger partial charge is 0.311 e. The van der Waals surface area contributed by atoms with Crippen molar-refractivity contribution in [3.05, 3.63) is 69.6 Å². The van der Waals surface area contributed by atoms with Gasteiger partial charge in [0.1, 0.15) is 17.6 Å². The van der Waals surface area contributed by atoms with Crippen LogP contribution in [0.5, 0.6) is 11.5 Å². The average molecular weight is 505 g/mol. The molecule has 2 aromatic carbocycles. The molecule has 0 saturated heterocycles. The zero-order valence-electron chi connectivity index (χ0n) is 15.4. The Hall–Kier alpha value is -2.10. The fourth-order valence-corrected chi connectivity index (χ4v) is 4.52. The molecule has 2 aromatic rings. The molecule has 0 N–H and O–H groups in total. The molecule has 1 saturated carbocycles. The van der Waals surface area contributed by atoms with Gasteiger partial charge in [-0.25, -0.2) is 0 Å². The fourth-order valence-electron chi connectivity index (χ4n) is 3.38. The number of nitrogens with zero attached hydrogens (tertiary/aromatic N) is 1. The molecule has 2 unspecified atom stereocenters. The van der Waals surface area contributed by atoms with Gasteiger partial charge in [0.15, 0.2) is 0 Å². The van der Waals surface area contributed by atoms with Crippen LogP contribution in [-0.4, -0.2) is 5.97 Å². The Labute approximate surface area is 181 Å². The molecule has 3 atom stereocenters. The molecule has 3 rings (SSSR count). The Morgan fingerprint density at radius 1 is 1.14 bits per heavy atom. The highest BCUT2D eigenvalue weighted by molar-refractivity contribution is 9.14. The lowest BCUT2D eigenvalue weighted by molar-refractivity contribution is -0.149. The molecule has 28 heavy (non-hydrogen) atoms. The first-order valence-electron chi connectivity index (χ1n) is 8.77. The number of hydrogen-bond acceptors (Lipinski definition) is 4. The van der Waals surface area contributed by atoms with Gasteiger partial charge in [-0.15, -0.1) is 0 Å². The molecule has 144 valence electrons. The summed E-state index contributed by atoms with van der Waals surface area (Å²) in [4.78, 5) is 14.5. The quantitative estimate of drug-likeness (QED) is 0.422. The van der Waals surface area contributed by atoms with Crippen molar-refractivity contribution in [1.82, 2.24) is 0 Å². The largest absolute Gasteiger partial charge is 0.457 e. The van der Waals surface area contributed by atoms with E-state index >= 15 is 0 Å².